The van der Waals surface area contributed by atoms with Crippen molar-refractivity contribution in [3.63, 3.8) is 0 Å². The monoisotopic (exact) mass is 450 g/mol. The molecule has 7 heteroatoms. The van der Waals surface area contributed by atoms with Gasteiger partial charge in [0.1, 0.15) is 5.82 Å². The number of nitrogens with one attached hydrogen (secondary N) is 1. The van der Waals surface area contributed by atoms with E-state index in [9.17, 15) is 0 Å². The normalized spacial score (nSPS) is 15.5. The van der Waals surface area contributed by atoms with Crippen LogP contribution in [0.5, 0.6) is 0 Å². The highest BCUT2D eigenvalue weighted by Gasteiger charge is 2.25. The molecule has 4 heterocycles. The van der Waals surface area contributed by atoms with Crippen molar-refractivity contribution in [1.29, 1.82) is 0 Å². The van der Waals surface area contributed by atoms with Crippen LogP contribution >= 0.6 is 22.9 Å². The molecule has 1 aliphatic heterocycles. The minimum Gasteiger partial charge on any atom is -0.366 e. The Morgan fingerprint density at radius 3 is 2.68 bits per heavy atom. The van der Waals surface area contributed by atoms with Crippen LogP contribution < -0.4 is 4.90 Å². The summed E-state index contributed by atoms with van der Waals surface area (Å²) in [5, 5.41) is 5.45. The van der Waals surface area contributed by atoms with E-state index in [0.29, 0.717) is 10.7 Å². The number of halogens is 2. The Bertz CT molecular complexity index is 1440. The van der Waals surface area contributed by atoms with E-state index in [2.05, 4.69) is 27.9 Å². The molecule has 3 aromatic heterocycles. The highest BCUT2D eigenvalue weighted by atomic mass is 35.5. The summed E-state index contributed by atoms with van der Waals surface area (Å²) >= 11 is 7.85. The van der Waals surface area contributed by atoms with Crippen molar-refractivity contribution < 1.29 is 4.39 Å². The van der Waals surface area contributed by atoms with Gasteiger partial charge in [0.2, 0.25) is 0 Å². The topological polar surface area (TPSA) is 35.2 Å². The van der Waals surface area contributed by atoms with Crippen LogP contribution in [-0.4, -0.2) is 48.1 Å². The molecule has 2 aromatic carbocycles. The van der Waals surface area contributed by atoms with Crippen LogP contribution in [0, 0.1) is 5.82 Å². The van der Waals surface area contributed by atoms with Gasteiger partial charge in [-0.2, -0.15) is 0 Å². The fraction of sp³-hybridized carbons (Fsp3) is 0.208. The van der Waals surface area contributed by atoms with Gasteiger partial charge in [0.25, 0.3) is 0 Å². The molecule has 0 saturated carbocycles. The molecule has 6 rings (SSSR count). The molecule has 1 N–H and O–H groups in total. The fourth-order valence-electron chi connectivity index (χ4n) is 4.61. The number of piperazine rings is 1. The standard InChI is InChI=1S/C24H20ClFN4S/c1-29-6-8-30(9-7-29)24-18(26)12-16-22-17(15-11-14(25)4-5-19(15)28-22)13-27-23(16)21(24)20-3-2-10-31-20/h2-5,10-13,28H,6-9H2,1H3. The van der Waals surface area contributed by atoms with E-state index in [1.807, 2.05) is 35.8 Å². The Morgan fingerprint density at radius 2 is 1.90 bits per heavy atom. The number of hydrogen-bond donors (Lipinski definition) is 1. The lowest BCUT2D eigenvalue weighted by Crippen LogP contribution is -2.45. The van der Waals surface area contributed by atoms with Gasteiger partial charge >= 0.3 is 0 Å². The molecular weight excluding hydrogens is 431 g/mol. The molecule has 0 atom stereocenters. The van der Waals surface area contributed by atoms with Crippen molar-refractivity contribution in [3.05, 3.63) is 58.8 Å². The summed E-state index contributed by atoms with van der Waals surface area (Å²) in [6, 6.07) is 11.4. The summed E-state index contributed by atoms with van der Waals surface area (Å²) in [7, 11) is 2.11. The SMILES string of the molecule is CN1CCN(c2c(F)cc3c(ncc4c5cc(Cl)ccc5[nH]c34)c2-c2cccs2)CC1. The Kier molecular flexibility index (Phi) is 4.42. The number of aromatic amines is 1. The van der Waals surface area contributed by atoms with Crippen molar-refractivity contribution in [2.24, 2.45) is 0 Å². The third-order valence-corrected chi connectivity index (χ3v) is 7.33. The van der Waals surface area contributed by atoms with Crippen LogP contribution in [0.15, 0.2) is 48.0 Å². The summed E-state index contributed by atoms with van der Waals surface area (Å²) in [4.78, 5) is 13.8. The number of likely N-dealkylation sites (N-methyl/N-ethyl adjacent to an activating group) is 1. The zero-order chi connectivity index (χ0) is 21.1. The van der Waals surface area contributed by atoms with Crippen molar-refractivity contribution in [1.82, 2.24) is 14.9 Å². The molecule has 156 valence electrons. The van der Waals surface area contributed by atoms with Crippen molar-refractivity contribution in [3.8, 4) is 10.4 Å². The number of pyridine rings is 1. The molecule has 1 aliphatic rings. The number of fused-ring (bicyclic) bond motifs is 5. The van der Waals surface area contributed by atoms with E-state index in [1.165, 1.54) is 0 Å². The number of anilines is 1. The number of thiophene rings is 1. The predicted molar refractivity (Wildman–Crippen MR) is 129 cm³/mol. The van der Waals surface area contributed by atoms with Gasteiger partial charge in [-0.1, -0.05) is 17.7 Å². The van der Waals surface area contributed by atoms with Gasteiger partial charge in [-0.25, -0.2) is 4.39 Å². The summed E-state index contributed by atoms with van der Waals surface area (Å²) in [6.07, 6.45) is 1.88. The third-order valence-electron chi connectivity index (χ3n) is 6.21. The molecule has 31 heavy (non-hydrogen) atoms. The minimum absolute atomic E-state index is 0.202. The second-order valence-corrected chi connectivity index (χ2v) is 9.49. The molecule has 1 fully saturated rings. The van der Waals surface area contributed by atoms with Crippen LogP contribution in [0.3, 0.4) is 0 Å². The molecule has 0 amide bonds. The van der Waals surface area contributed by atoms with Crippen LogP contribution in [0.25, 0.3) is 43.1 Å². The summed E-state index contributed by atoms with van der Waals surface area (Å²) < 4.78 is 15.8. The van der Waals surface area contributed by atoms with E-state index in [4.69, 9.17) is 16.6 Å². The van der Waals surface area contributed by atoms with Crippen molar-refractivity contribution in [2.45, 2.75) is 0 Å². The smallest absolute Gasteiger partial charge is 0.147 e. The van der Waals surface area contributed by atoms with Crippen LogP contribution in [0.2, 0.25) is 5.02 Å². The third kappa shape index (κ3) is 3.01. The lowest BCUT2D eigenvalue weighted by molar-refractivity contribution is 0.312. The van der Waals surface area contributed by atoms with E-state index in [-0.39, 0.29) is 5.82 Å². The maximum absolute atomic E-state index is 15.8. The molecule has 5 aromatic rings. The summed E-state index contributed by atoms with van der Waals surface area (Å²) in [5.74, 6) is -0.202. The van der Waals surface area contributed by atoms with Gasteiger partial charge in [-0.15, -0.1) is 11.3 Å². The highest BCUT2D eigenvalue weighted by molar-refractivity contribution is 7.13. The van der Waals surface area contributed by atoms with Gasteiger partial charge in [-0.05, 0) is 42.8 Å². The van der Waals surface area contributed by atoms with E-state index in [0.717, 1.165) is 69.3 Å². The maximum Gasteiger partial charge on any atom is 0.147 e. The Labute approximate surface area is 187 Å². The number of nitrogens with zero attached hydrogens (tertiary/aromatic N) is 3. The predicted octanol–water partition coefficient (Wildman–Crippen LogP) is 6.14. The van der Waals surface area contributed by atoms with Gasteiger partial charge in [0, 0.05) is 69.5 Å². The average molecular weight is 451 g/mol. The first-order valence-electron chi connectivity index (χ1n) is 10.3. The molecule has 0 unspecified atom stereocenters. The molecule has 0 radical (unpaired) electrons. The second-order valence-electron chi connectivity index (χ2n) is 8.11. The average Bonchev–Trinajstić information content (AvgIpc) is 3.42. The first kappa shape index (κ1) is 19.0. The number of H-pyrrole nitrogens is 1. The zero-order valence-electron chi connectivity index (χ0n) is 17.0. The summed E-state index contributed by atoms with van der Waals surface area (Å²) in [6.45, 7) is 3.42. The molecule has 1 saturated heterocycles. The van der Waals surface area contributed by atoms with Gasteiger partial charge < -0.3 is 14.8 Å². The molecule has 0 aliphatic carbocycles. The molecule has 0 spiro atoms. The highest BCUT2D eigenvalue weighted by Crippen LogP contribution is 2.43. The number of benzene rings is 2. The molecule has 4 nitrogen and oxygen atoms in total. The Morgan fingerprint density at radius 1 is 1.06 bits per heavy atom. The minimum atomic E-state index is -0.202. The maximum atomic E-state index is 15.8. The largest absolute Gasteiger partial charge is 0.366 e. The van der Waals surface area contributed by atoms with E-state index < -0.39 is 0 Å². The lowest BCUT2D eigenvalue weighted by atomic mass is 10.0. The number of hydrogen-bond acceptors (Lipinski definition) is 4. The van der Waals surface area contributed by atoms with Crippen LogP contribution in [0.4, 0.5) is 10.1 Å². The first-order valence-corrected chi connectivity index (χ1v) is 11.6. The summed E-state index contributed by atoms with van der Waals surface area (Å²) in [5.41, 5.74) is 4.23. The molecular formula is C24H20ClFN4S. The van der Waals surface area contributed by atoms with Crippen molar-refractivity contribution in [2.75, 3.05) is 38.1 Å². The van der Waals surface area contributed by atoms with Gasteiger partial charge in [0.05, 0.1) is 16.7 Å². The fourth-order valence-corrected chi connectivity index (χ4v) is 5.55. The molecule has 0 bridgehead atoms. The second kappa shape index (κ2) is 7.19. The van der Waals surface area contributed by atoms with Gasteiger partial charge in [0.15, 0.2) is 0 Å². The van der Waals surface area contributed by atoms with Gasteiger partial charge in [-0.3, -0.25) is 4.98 Å². The van der Waals surface area contributed by atoms with Crippen LogP contribution in [-0.2, 0) is 0 Å². The zero-order valence-corrected chi connectivity index (χ0v) is 18.5. The Balaban J connectivity index is 1.68. The lowest BCUT2D eigenvalue weighted by Gasteiger charge is -2.35. The van der Waals surface area contributed by atoms with Crippen molar-refractivity contribution >= 4 is 61.3 Å². The number of aromatic nitrogens is 2. The van der Waals surface area contributed by atoms with Crippen LogP contribution in [0.1, 0.15) is 0 Å². The first-order chi connectivity index (χ1) is 15.1. The number of rotatable bonds is 2. The van der Waals surface area contributed by atoms with E-state index >= 15 is 4.39 Å². The Hall–Kier alpha value is -2.67. The van der Waals surface area contributed by atoms with E-state index in [1.54, 1.807) is 17.4 Å². The quantitative estimate of drug-likeness (QED) is 0.350.